The number of rotatable bonds is 6. The van der Waals surface area contributed by atoms with Crippen molar-refractivity contribution in [3.63, 3.8) is 0 Å². The molecule has 160 valence electrons. The van der Waals surface area contributed by atoms with Crippen LogP contribution in [-0.2, 0) is 9.53 Å². The summed E-state index contributed by atoms with van der Waals surface area (Å²) < 4.78 is 10.2. The Morgan fingerprint density at radius 3 is 2.55 bits per heavy atom. The van der Waals surface area contributed by atoms with Gasteiger partial charge in [-0.3, -0.25) is 10.1 Å². The standard InChI is InChI=1S/C21H18N2O7S/c1-3-30-14-7-5-13(6-8-14)22-20-18(21(26)29-2)19(25)17(31-20)11-12-4-9-16(24)15(10-12)23(27)28/h4-11,24-25H,3H2,1-2H3/b17-11+,22-20?. The fourth-order valence-corrected chi connectivity index (χ4v) is 3.75. The molecule has 3 rings (SSSR count). The molecule has 0 spiro atoms. The van der Waals surface area contributed by atoms with Crippen LogP contribution < -0.4 is 4.74 Å². The third-order valence-electron chi connectivity index (χ3n) is 4.15. The van der Waals surface area contributed by atoms with Gasteiger partial charge in [0.1, 0.15) is 22.1 Å². The van der Waals surface area contributed by atoms with Crippen molar-refractivity contribution < 1.29 is 29.4 Å². The van der Waals surface area contributed by atoms with E-state index in [1.807, 2.05) is 6.92 Å². The zero-order chi connectivity index (χ0) is 22.5. The van der Waals surface area contributed by atoms with Gasteiger partial charge < -0.3 is 19.7 Å². The van der Waals surface area contributed by atoms with E-state index in [4.69, 9.17) is 9.47 Å². The van der Waals surface area contributed by atoms with Crippen molar-refractivity contribution >= 4 is 40.2 Å². The number of phenolic OH excluding ortho intramolecular Hbond substituents is 1. The van der Waals surface area contributed by atoms with Crippen LogP contribution in [0.4, 0.5) is 11.4 Å². The number of thioether (sulfide) groups is 1. The second-order valence-electron chi connectivity index (χ2n) is 6.17. The first kappa shape index (κ1) is 21.9. The van der Waals surface area contributed by atoms with Gasteiger partial charge in [-0.1, -0.05) is 17.8 Å². The average Bonchev–Trinajstić information content (AvgIpc) is 3.05. The second-order valence-corrected chi connectivity index (χ2v) is 7.21. The Hall–Kier alpha value is -3.79. The molecule has 0 saturated carbocycles. The summed E-state index contributed by atoms with van der Waals surface area (Å²) in [5.74, 6) is -0.919. The summed E-state index contributed by atoms with van der Waals surface area (Å²) >= 11 is 1.02. The number of nitro benzene ring substituents is 1. The number of phenols is 1. The Morgan fingerprint density at radius 2 is 1.94 bits per heavy atom. The molecule has 0 aliphatic carbocycles. The maximum atomic E-state index is 12.2. The number of ether oxygens (including phenoxy) is 2. The van der Waals surface area contributed by atoms with Crippen LogP contribution in [0.25, 0.3) is 6.08 Å². The largest absolute Gasteiger partial charge is 0.506 e. The van der Waals surface area contributed by atoms with Crippen LogP contribution >= 0.6 is 11.8 Å². The molecule has 0 bridgehead atoms. The van der Waals surface area contributed by atoms with Crippen LogP contribution in [0.3, 0.4) is 0 Å². The number of carbonyl (C=O) groups excluding carboxylic acids is 1. The van der Waals surface area contributed by atoms with E-state index < -0.39 is 22.3 Å². The molecule has 2 aromatic carbocycles. The SMILES string of the molecule is CCOc1ccc(N=C2S/C(=C/c3ccc(O)c([N+](=O)[O-])c3)C(O)=C2C(=O)OC)cc1. The molecular formula is C21H18N2O7S. The van der Waals surface area contributed by atoms with Crippen molar-refractivity contribution in [1.82, 2.24) is 0 Å². The molecule has 9 nitrogen and oxygen atoms in total. The molecule has 0 saturated heterocycles. The van der Waals surface area contributed by atoms with Crippen molar-refractivity contribution in [2.45, 2.75) is 6.92 Å². The maximum Gasteiger partial charge on any atom is 0.344 e. The summed E-state index contributed by atoms with van der Waals surface area (Å²) in [7, 11) is 1.19. The zero-order valence-electron chi connectivity index (χ0n) is 16.6. The highest BCUT2D eigenvalue weighted by molar-refractivity contribution is 8.18. The summed E-state index contributed by atoms with van der Waals surface area (Å²) in [6.07, 6.45) is 1.45. The molecule has 1 aliphatic heterocycles. The van der Waals surface area contributed by atoms with E-state index in [0.717, 1.165) is 17.8 Å². The van der Waals surface area contributed by atoms with Crippen molar-refractivity contribution in [2.24, 2.45) is 4.99 Å². The highest BCUT2D eigenvalue weighted by Gasteiger charge is 2.33. The average molecular weight is 442 g/mol. The number of hydrogen-bond donors (Lipinski definition) is 2. The number of nitrogens with zero attached hydrogens (tertiary/aromatic N) is 2. The fourth-order valence-electron chi connectivity index (χ4n) is 2.72. The van der Waals surface area contributed by atoms with Gasteiger partial charge in [-0.05, 0) is 48.9 Å². The van der Waals surface area contributed by atoms with Crippen LogP contribution in [0, 0.1) is 10.1 Å². The molecule has 1 heterocycles. The van der Waals surface area contributed by atoms with E-state index in [-0.39, 0.29) is 21.3 Å². The summed E-state index contributed by atoms with van der Waals surface area (Å²) in [5.41, 5.74) is 0.296. The first-order valence-corrected chi connectivity index (χ1v) is 9.86. The van der Waals surface area contributed by atoms with Crippen molar-refractivity contribution in [1.29, 1.82) is 0 Å². The highest BCUT2D eigenvalue weighted by Crippen LogP contribution is 2.41. The van der Waals surface area contributed by atoms with Crippen LogP contribution in [0.5, 0.6) is 11.5 Å². The second kappa shape index (κ2) is 9.35. The molecular weight excluding hydrogens is 424 g/mol. The molecule has 0 radical (unpaired) electrons. The molecule has 31 heavy (non-hydrogen) atoms. The topological polar surface area (TPSA) is 131 Å². The number of methoxy groups -OCH3 is 1. The smallest absolute Gasteiger partial charge is 0.344 e. The minimum Gasteiger partial charge on any atom is -0.506 e. The van der Waals surface area contributed by atoms with Gasteiger partial charge in [0, 0.05) is 6.07 Å². The molecule has 1 aliphatic rings. The lowest BCUT2D eigenvalue weighted by molar-refractivity contribution is -0.385. The lowest BCUT2D eigenvalue weighted by atomic mass is 10.1. The van der Waals surface area contributed by atoms with E-state index in [1.54, 1.807) is 24.3 Å². The molecule has 0 unspecified atom stereocenters. The summed E-state index contributed by atoms with van der Waals surface area (Å²) in [5, 5.41) is 31.5. The van der Waals surface area contributed by atoms with E-state index in [0.29, 0.717) is 23.6 Å². The Bertz CT molecular complexity index is 1120. The first-order valence-electron chi connectivity index (χ1n) is 9.04. The predicted molar refractivity (Wildman–Crippen MR) is 117 cm³/mol. The number of aromatic hydroxyl groups is 1. The van der Waals surface area contributed by atoms with E-state index in [1.165, 1.54) is 25.3 Å². The number of carbonyl (C=O) groups is 1. The third-order valence-corrected chi connectivity index (χ3v) is 5.17. The number of aliphatic imine (C=N–C) groups is 1. The molecule has 10 heteroatoms. The molecule has 2 N–H and O–H groups in total. The van der Waals surface area contributed by atoms with Crippen LogP contribution in [0.15, 0.2) is 63.7 Å². The number of benzene rings is 2. The van der Waals surface area contributed by atoms with Crippen LogP contribution in [0.2, 0.25) is 0 Å². The van der Waals surface area contributed by atoms with Gasteiger partial charge in [-0.15, -0.1) is 0 Å². The van der Waals surface area contributed by atoms with Gasteiger partial charge in [-0.25, -0.2) is 9.79 Å². The van der Waals surface area contributed by atoms with Crippen molar-refractivity contribution in [2.75, 3.05) is 13.7 Å². The first-order chi connectivity index (χ1) is 14.8. The number of aliphatic hydroxyl groups excluding tert-OH is 1. The van der Waals surface area contributed by atoms with Crippen molar-refractivity contribution in [3.05, 3.63) is 74.4 Å². The minimum atomic E-state index is -0.769. The summed E-state index contributed by atoms with van der Waals surface area (Å²) in [6.45, 7) is 2.40. The number of hydrogen-bond acceptors (Lipinski definition) is 9. The van der Waals surface area contributed by atoms with Gasteiger partial charge >= 0.3 is 11.7 Å². The molecule has 0 amide bonds. The lowest BCUT2D eigenvalue weighted by Gasteiger charge is -2.04. The summed E-state index contributed by atoms with van der Waals surface area (Å²) in [4.78, 5) is 27.3. The predicted octanol–water partition coefficient (Wildman–Crippen LogP) is 4.50. The maximum absolute atomic E-state index is 12.2. The molecule has 2 aromatic rings. The van der Waals surface area contributed by atoms with E-state index in [2.05, 4.69) is 4.99 Å². The molecule has 0 fully saturated rings. The number of aliphatic hydroxyl groups is 1. The zero-order valence-corrected chi connectivity index (χ0v) is 17.4. The fraction of sp³-hybridized carbons (Fsp3) is 0.143. The van der Waals surface area contributed by atoms with Gasteiger partial charge in [0.25, 0.3) is 0 Å². The Labute approximate surface area is 181 Å². The Morgan fingerprint density at radius 1 is 1.23 bits per heavy atom. The van der Waals surface area contributed by atoms with Gasteiger partial charge in [-0.2, -0.15) is 0 Å². The quantitative estimate of drug-likeness (QED) is 0.380. The van der Waals surface area contributed by atoms with Gasteiger partial charge in [0.2, 0.25) is 0 Å². The van der Waals surface area contributed by atoms with Crippen molar-refractivity contribution in [3.8, 4) is 11.5 Å². The Kier molecular flexibility index (Phi) is 6.61. The van der Waals surface area contributed by atoms with E-state index in [9.17, 15) is 25.1 Å². The van der Waals surface area contributed by atoms with Gasteiger partial charge in [0.15, 0.2) is 5.75 Å². The molecule has 0 aromatic heterocycles. The molecule has 0 atom stereocenters. The normalized spacial score (nSPS) is 16.1. The van der Waals surface area contributed by atoms with Gasteiger partial charge in [0.05, 0.1) is 29.2 Å². The number of nitro groups is 1. The lowest BCUT2D eigenvalue weighted by Crippen LogP contribution is -2.10. The number of esters is 1. The highest BCUT2D eigenvalue weighted by atomic mass is 32.2. The third kappa shape index (κ3) is 4.86. The van der Waals surface area contributed by atoms with E-state index >= 15 is 0 Å². The van der Waals surface area contributed by atoms with Crippen LogP contribution in [0.1, 0.15) is 12.5 Å². The summed E-state index contributed by atoms with van der Waals surface area (Å²) in [6, 6.07) is 10.7. The van der Waals surface area contributed by atoms with Crippen LogP contribution in [-0.4, -0.2) is 39.9 Å². The monoisotopic (exact) mass is 442 g/mol. The Balaban J connectivity index is 2.00. The minimum absolute atomic E-state index is 0.110.